The third-order valence-corrected chi connectivity index (χ3v) is 3.19. The minimum absolute atomic E-state index is 0.0435. The number of hydrogen-bond donors (Lipinski definition) is 0. The van der Waals surface area contributed by atoms with Gasteiger partial charge in [0.2, 0.25) is 0 Å². The molecule has 0 saturated heterocycles. The number of aryl methyl sites for hydroxylation is 1. The molecule has 1 aromatic carbocycles. The van der Waals surface area contributed by atoms with Crippen molar-refractivity contribution >= 4 is 11.9 Å². The molecule has 2 aromatic heterocycles. The predicted molar refractivity (Wildman–Crippen MR) is 82.6 cm³/mol. The van der Waals surface area contributed by atoms with Gasteiger partial charge in [0.05, 0.1) is 0 Å². The Labute approximate surface area is 123 Å². The van der Waals surface area contributed by atoms with Crippen molar-refractivity contribution in [1.29, 1.82) is 0 Å². The van der Waals surface area contributed by atoms with E-state index in [1.807, 2.05) is 72.4 Å². The van der Waals surface area contributed by atoms with E-state index in [1.165, 1.54) is 6.08 Å². The molecule has 0 fully saturated rings. The number of allylic oxidation sites excluding steroid dienone is 1. The zero-order valence-electron chi connectivity index (χ0n) is 11.7. The van der Waals surface area contributed by atoms with Gasteiger partial charge in [0.1, 0.15) is 11.5 Å². The Kier molecular flexibility index (Phi) is 3.56. The molecular formula is C18H15NO2. The van der Waals surface area contributed by atoms with Crippen LogP contribution in [0.4, 0.5) is 0 Å². The average Bonchev–Trinajstić information content (AvgIpc) is 3.16. The smallest absolute Gasteiger partial charge is 0.186 e. The number of furan rings is 1. The summed E-state index contributed by atoms with van der Waals surface area (Å²) in [5, 5.41) is 0. The van der Waals surface area contributed by atoms with Gasteiger partial charge in [0, 0.05) is 23.6 Å². The zero-order chi connectivity index (χ0) is 14.7. The lowest BCUT2D eigenvalue weighted by Crippen LogP contribution is -1.97. The number of ketones is 1. The van der Waals surface area contributed by atoms with Gasteiger partial charge in [-0.15, -0.1) is 0 Å². The Morgan fingerprint density at radius 3 is 2.62 bits per heavy atom. The van der Waals surface area contributed by atoms with Crippen molar-refractivity contribution in [2.24, 2.45) is 0 Å². The topological polar surface area (TPSA) is 35.1 Å². The van der Waals surface area contributed by atoms with E-state index in [9.17, 15) is 4.79 Å². The van der Waals surface area contributed by atoms with Crippen molar-refractivity contribution in [3.8, 4) is 5.69 Å². The number of hydrogen-bond acceptors (Lipinski definition) is 2. The van der Waals surface area contributed by atoms with Crippen LogP contribution < -0.4 is 0 Å². The molecule has 0 N–H and O–H groups in total. The van der Waals surface area contributed by atoms with Crippen LogP contribution in [0.5, 0.6) is 0 Å². The second kappa shape index (κ2) is 5.67. The van der Waals surface area contributed by atoms with Crippen LogP contribution in [0.2, 0.25) is 0 Å². The van der Waals surface area contributed by atoms with Crippen molar-refractivity contribution in [2.45, 2.75) is 6.92 Å². The first kappa shape index (κ1) is 13.2. The molecule has 0 aliphatic rings. The van der Waals surface area contributed by atoms with E-state index >= 15 is 0 Å². The lowest BCUT2D eigenvalue weighted by atomic mass is 10.1. The third-order valence-electron chi connectivity index (χ3n) is 3.19. The maximum Gasteiger partial charge on any atom is 0.186 e. The molecule has 0 atom stereocenters. The van der Waals surface area contributed by atoms with Gasteiger partial charge in [0.25, 0.3) is 0 Å². The largest absolute Gasteiger partial charge is 0.462 e. The molecule has 21 heavy (non-hydrogen) atoms. The Hall–Kier alpha value is -2.81. The van der Waals surface area contributed by atoms with Gasteiger partial charge in [-0.3, -0.25) is 4.79 Å². The maximum absolute atomic E-state index is 12.2. The molecule has 2 heterocycles. The molecule has 0 bridgehead atoms. The number of carbonyl (C=O) groups excluding carboxylic acids is 1. The molecule has 0 amide bonds. The van der Waals surface area contributed by atoms with Gasteiger partial charge in [-0.25, -0.2) is 0 Å². The summed E-state index contributed by atoms with van der Waals surface area (Å²) >= 11 is 0. The van der Waals surface area contributed by atoms with Crippen LogP contribution in [0.15, 0.2) is 71.4 Å². The molecule has 3 aromatic rings. The Morgan fingerprint density at radius 1 is 1.10 bits per heavy atom. The van der Waals surface area contributed by atoms with Crippen LogP contribution in [-0.4, -0.2) is 10.4 Å². The van der Waals surface area contributed by atoms with Crippen LogP contribution in [0.25, 0.3) is 11.8 Å². The Morgan fingerprint density at radius 2 is 1.90 bits per heavy atom. The van der Waals surface area contributed by atoms with E-state index in [-0.39, 0.29) is 5.78 Å². The fourth-order valence-electron chi connectivity index (χ4n) is 2.12. The second-order valence-corrected chi connectivity index (χ2v) is 4.79. The summed E-state index contributed by atoms with van der Waals surface area (Å²) in [5.74, 6) is 1.47. The minimum Gasteiger partial charge on any atom is -0.462 e. The van der Waals surface area contributed by atoms with Gasteiger partial charge in [0.15, 0.2) is 5.78 Å². The van der Waals surface area contributed by atoms with Crippen molar-refractivity contribution in [2.75, 3.05) is 0 Å². The number of rotatable bonds is 4. The van der Waals surface area contributed by atoms with Crippen molar-refractivity contribution in [3.05, 3.63) is 84.1 Å². The molecule has 3 rings (SSSR count). The highest BCUT2D eigenvalue weighted by Crippen LogP contribution is 2.13. The predicted octanol–water partition coefficient (Wildman–Crippen LogP) is 4.27. The van der Waals surface area contributed by atoms with Gasteiger partial charge in [-0.2, -0.15) is 0 Å². The van der Waals surface area contributed by atoms with E-state index in [4.69, 9.17) is 4.42 Å². The molecule has 0 saturated carbocycles. The van der Waals surface area contributed by atoms with Crippen molar-refractivity contribution < 1.29 is 9.21 Å². The van der Waals surface area contributed by atoms with Crippen LogP contribution >= 0.6 is 0 Å². The summed E-state index contributed by atoms with van der Waals surface area (Å²) in [6, 6.07) is 15.2. The number of carbonyl (C=O) groups is 1. The van der Waals surface area contributed by atoms with Gasteiger partial charge >= 0.3 is 0 Å². The standard InChI is InChI=1S/C18H15NO2/c1-14-7-8-17(21-14)9-10-18(20)15-5-4-6-16(13-15)19-11-2-3-12-19/h2-13H,1H3/b10-9+. The molecular weight excluding hydrogens is 262 g/mol. The maximum atomic E-state index is 12.2. The summed E-state index contributed by atoms with van der Waals surface area (Å²) in [6.45, 7) is 1.87. The van der Waals surface area contributed by atoms with Gasteiger partial charge < -0.3 is 8.98 Å². The van der Waals surface area contributed by atoms with E-state index in [2.05, 4.69) is 0 Å². The summed E-state index contributed by atoms with van der Waals surface area (Å²) < 4.78 is 7.38. The molecule has 104 valence electrons. The number of aromatic nitrogens is 1. The van der Waals surface area contributed by atoms with E-state index in [0.717, 1.165) is 11.4 Å². The first-order chi connectivity index (χ1) is 10.2. The van der Waals surface area contributed by atoms with Crippen LogP contribution in [0, 0.1) is 6.92 Å². The van der Waals surface area contributed by atoms with Crippen LogP contribution in [0.1, 0.15) is 21.9 Å². The van der Waals surface area contributed by atoms with Crippen molar-refractivity contribution in [1.82, 2.24) is 4.57 Å². The fourth-order valence-corrected chi connectivity index (χ4v) is 2.12. The summed E-state index contributed by atoms with van der Waals surface area (Å²) in [6.07, 6.45) is 7.13. The summed E-state index contributed by atoms with van der Waals surface area (Å²) in [4.78, 5) is 12.2. The van der Waals surface area contributed by atoms with Crippen LogP contribution in [0.3, 0.4) is 0 Å². The number of benzene rings is 1. The van der Waals surface area contributed by atoms with E-state index < -0.39 is 0 Å². The highest BCUT2D eigenvalue weighted by Gasteiger charge is 2.04. The summed E-state index contributed by atoms with van der Waals surface area (Å²) in [7, 11) is 0. The lowest BCUT2D eigenvalue weighted by molar-refractivity contribution is 0.104. The zero-order valence-corrected chi connectivity index (χ0v) is 11.7. The average molecular weight is 277 g/mol. The van der Waals surface area contributed by atoms with Gasteiger partial charge in [-0.05, 0) is 55.5 Å². The Balaban J connectivity index is 1.82. The van der Waals surface area contributed by atoms with Gasteiger partial charge in [-0.1, -0.05) is 12.1 Å². The highest BCUT2D eigenvalue weighted by atomic mass is 16.3. The van der Waals surface area contributed by atoms with Crippen LogP contribution in [-0.2, 0) is 0 Å². The van der Waals surface area contributed by atoms with E-state index in [0.29, 0.717) is 11.3 Å². The lowest BCUT2D eigenvalue weighted by Gasteiger charge is -2.04. The van der Waals surface area contributed by atoms with Crippen molar-refractivity contribution in [3.63, 3.8) is 0 Å². The minimum atomic E-state index is -0.0435. The summed E-state index contributed by atoms with van der Waals surface area (Å²) in [5.41, 5.74) is 1.62. The first-order valence-corrected chi connectivity index (χ1v) is 6.75. The quantitative estimate of drug-likeness (QED) is 0.527. The molecule has 0 aliphatic heterocycles. The monoisotopic (exact) mass is 277 g/mol. The third kappa shape index (κ3) is 3.03. The highest BCUT2D eigenvalue weighted by molar-refractivity contribution is 6.06. The fraction of sp³-hybridized carbons (Fsp3) is 0.0556. The molecule has 3 nitrogen and oxygen atoms in total. The number of nitrogens with zero attached hydrogens (tertiary/aromatic N) is 1. The molecule has 3 heteroatoms. The first-order valence-electron chi connectivity index (χ1n) is 6.75. The molecule has 0 radical (unpaired) electrons. The molecule has 0 spiro atoms. The molecule has 0 unspecified atom stereocenters. The SMILES string of the molecule is Cc1ccc(/C=C/C(=O)c2cccc(-n3cccc3)c2)o1. The Bertz CT molecular complexity index is 779. The normalized spacial score (nSPS) is 11.1. The van der Waals surface area contributed by atoms with E-state index in [1.54, 1.807) is 6.08 Å². The second-order valence-electron chi connectivity index (χ2n) is 4.79. The molecule has 0 aliphatic carbocycles.